The lowest BCUT2D eigenvalue weighted by molar-refractivity contribution is -0.385. The summed E-state index contributed by atoms with van der Waals surface area (Å²) in [5.41, 5.74) is 4.28. The van der Waals surface area contributed by atoms with Gasteiger partial charge in [-0.1, -0.05) is 0 Å². The van der Waals surface area contributed by atoms with Crippen LogP contribution in [-0.4, -0.2) is 37.0 Å². The third kappa shape index (κ3) is 5.12. The molecule has 0 unspecified atom stereocenters. The van der Waals surface area contributed by atoms with Crippen molar-refractivity contribution in [3.63, 3.8) is 0 Å². The fourth-order valence-electron chi connectivity index (χ4n) is 1.36. The molecule has 1 amide bonds. The van der Waals surface area contributed by atoms with Crippen molar-refractivity contribution in [2.24, 2.45) is 5.73 Å². The topological polar surface area (TPSA) is 107 Å². The minimum atomic E-state index is -3.23. The smallest absolute Gasteiger partial charge is 0.311 e. The number of nitrogens with two attached hydrogens (primary N) is 1. The van der Waals surface area contributed by atoms with E-state index in [0.29, 0.717) is 0 Å². The summed E-state index contributed by atoms with van der Waals surface area (Å²) >= 11 is 0. The van der Waals surface area contributed by atoms with Gasteiger partial charge >= 0.3 is 5.69 Å². The predicted octanol–water partition coefficient (Wildman–Crippen LogP) is 1.35. The van der Waals surface area contributed by atoms with Gasteiger partial charge in [0.15, 0.2) is 5.75 Å². The quantitative estimate of drug-likeness (QED) is 0.606. The largest absolute Gasteiger partial charge is 0.490 e. The lowest BCUT2D eigenvalue weighted by Crippen LogP contribution is -2.41. The number of nitrogens with one attached hydrogen (secondary N) is 1. The highest BCUT2D eigenvalue weighted by Gasteiger charge is 2.27. The second kappa shape index (κ2) is 7.70. The first kappa shape index (κ1) is 19.0. The van der Waals surface area contributed by atoms with E-state index in [1.165, 1.54) is 19.2 Å². The number of carbonyl (C=O) groups excluding carboxylic acids is 1. The van der Waals surface area contributed by atoms with Crippen LogP contribution in [-0.2, 0) is 0 Å². The molecule has 1 aromatic carbocycles. The summed E-state index contributed by atoms with van der Waals surface area (Å²) in [5.74, 6) is -4.11. The van der Waals surface area contributed by atoms with Crippen LogP contribution in [0.25, 0.3) is 0 Å². The molecule has 1 rings (SSSR count). The van der Waals surface area contributed by atoms with Gasteiger partial charge in [0.05, 0.1) is 25.1 Å². The first-order valence-electron chi connectivity index (χ1n) is 5.49. The van der Waals surface area contributed by atoms with Crippen LogP contribution >= 0.6 is 12.4 Å². The predicted molar refractivity (Wildman–Crippen MR) is 73.2 cm³/mol. The average Bonchev–Trinajstić information content (AvgIpc) is 2.44. The lowest BCUT2D eigenvalue weighted by atomic mass is 10.1. The Bertz CT molecular complexity index is 528. The number of amides is 1. The molecule has 1 aromatic rings. The Morgan fingerprint density at radius 1 is 1.52 bits per heavy atom. The number of methoxy groups -OCH3 is 1. The van der Waals surface area contributed by atoms with Crippen molar-refractivity contribution < 1.29 is 23.2 Å². The summed E-state index contributed by atoms with van der Waals surface area (Å²) in [6.45, 7) is -1.85. The van der Waals surface area contributed by atoms with Gasteiger partial charge in [0.2, 0.25) is 0 Å². The number of nitrogens with zero attached hydrogens (tertiary/aromatic N) is 1. The zero-order valence-corrected chi connectivity index (χ0v) is 11.8. The Morgan fingerprint density at radius 2 is 2.14 bits per heavy atom. The molecule has 0 radical (unpaired) electrons. The summed E-state index contributed by atoms with van der Waals surface area (Å²) in [5, 5.41) is 12.7. The number of ether oxygens (including phenoxy) is 1. The molecule has 0 saturated carbocycles. The lowest BCUT2D eigenvalue weighted by Gasteiger charge is -2.14. The van der Waals surface area contributed by atoms with E-state index in [4.69, 9.17) is 10.5 Å². The summed E-state index contributed by atoms with van der Waals surface area (Å²) in [6, 6.07) is 3.41. The van der Waals surface area contributed by atoms with Crippen LogP contribution in [0.2, 0.25) is 0 Å². The van der Waals surface area contributed by atoms with Gasteiger partial charge in [0, 0.05) is 11.6 Å². The molecule has 0 aliphatic heterocycles. The molecule has 0 spiro atoms. The number of hydrogen-bond donors (Lipinski definition) is 2. The van der Waals surface area contributed by atoms with E-state index >= 15 is 0 Å². The maximum Gasteiger partial charge on any atom is 0.311 e. The van der Waals surface area contributed by atoms with Gasteiger partial charge in [-0.25, -0.2) is 8.78 Å². The monoisotopic (exact) mass is 325 g/mol. The van der Waals surface area contributed by atoms with Crippen molar-refractivity contribution in [1.82, 2.24) is 5.32 Å². The van der Waals surface area contributed by atoms with E-state index in [0.717, 1.165) is 6.07 Å². The van der Waals surface area contributed by atoms with Crippen molar-refractivity contribution in [1.29, 1.82) is 0 Å². The number of nitro groups is 1. The minimum absolute atomic E-state index is 0. The summed E-state index contributed by atoms with van der Waals surface area (Å²) in [7, 11) is 1.24. The number of hydrogen-bond acceptors (Lipinski definition) is 5. The van der Waals surface area contributed by atoms with Crippen molar-refractivity contribution in [3.05, 3.63) is 33.9 Å². The standard InChI is InChI=1S/C11H13F2N3O4.ClH/c1-20-9-3-2-7(4-8(9)16(18)19)10(17)15-6-11(12,13)5-14;/h2-4H,5-6,14H2,1H3,(H,15,17);1H. The molecule has 3 N–H and O–H groups in total. The Balaban J connectivity index is 0.00000400. The van der Waals surface area contributed by atoms with E-state index in [1.54, 1.807) is 0 Å². The van der Waals surface area contributed by atoms with Crippen molar-refractivity contribution in [2.45, 2.75) is 5.92 Å². The molecule has 0 bridgehead atoms. The van der Waals surface area contributed by atoms with E-state index in [9.17, 15) is 23.7 Å². The summed E-state index contributed by atoms with van der Waals surface area (Å²) in [4.78, 5) is 21.7. The van der Waals surface area contributed by atoms with Crippen LogP contribution in [0.3, 0.4) is 0 Å². The average molecular weight is 326 g/mol. The number of nitro benzene ring substituents is 1. The Morgan fingerprint density at radius 3 is 2.62 bits per heavy atom. The van der Waals surface area contributed by atoms with Crippen LogP contribution < -0.4 is 15.8 Å². The molecule has 118 valence electrons. The Hall–Kier alpha value is -2.00. The van der Waals surface area contributed by atoms with Gasteiger partial charge in [-0.3, -0.25) is 14.9 Å². The molecule has 0 saturated heterocycles. The molecule has 10 heteroatoms. The van der Waals surface area contributed by atoms with Crippen LogP contribution in [0.15, 0.2) is 18.2 Å². The highest BCUT2D eigenvalue weighted by molar-refractivity contribution is 5.95. The van der Waals surface area contributed by atoms with Crippen LogP contribution in [0.1, 0.15) is 10.4 Å². The van der Waals surface area contributed by atoms with E-state index < -0.39 is 35.5 Å². The van der Waals surface area contributed by atoms with Gasteiger partial charge in [-0.05, 0) is 12.1 Å². The fraction of sp³-hybridized carbons (Fsp3) is 0.364. The zero-order valence-electron chi connectivity index (χ0n) is 11.0. The molecule has 0 aliphatic rings. The molecule has 7 nitrogen and oxygen atoms in total. The number of alkyl halides is 2. The van der Waals surface area contributed by atoms with E-state index in [-0.39, 0.29) is 23.7 Å². The minimum Gasteiger partial charge on any atom is -0.490 e. The van der Waals surface area contributed by atoms with E-state index in [1.807, 2.05) is 5.32 Å². The van der Waals surface area contributed by atoms with Crippen molar-refractivity contribution in [3.8, 4) is 5.75 Å². The number of halogens is 3. The molecule has 0 heterocycles. The van der Waals surface area contributed by atoms with Crippen LogP contribution in [0.4, 0.5) is 14.5 Å². The highest BCUT2D eigenvalue weighted by atomic mass is 35.5. The fourth-order valence-corrected chi connectivity index (χ4v) is 1.36. The maximum absolute atomic E-state index is 12.9. The molecular weight excluding hydrogens is 312 g/mol. The van der Waals surface area contributed by atoms with Crippen molar-refractivity contribution in [2.75, 3.05) is 20.2 Å². The molecule has 0 atom stereocenters. The third-order valence-electron chi connectivity index (χ3n) is 2.44. The first-order valence-corrected chi connectivity index (χ1v) is 5.49. The number of rotatable bonds is 6. The molecule has 0 aromatic heterocycles. The van der Waals surface area contributed by atoms with Gasteiger partial charge in [0.1, 0.15) is 0 Å². The molecule has 0 fully saturated rings. The number of carbonyl (C=O) groups is 1. The summed E-state index contributed by atoms with van der Waals surface area (Å²) in [6.07, 6.45) is 0. The maximum atomic E-state index is 12.9. The third-order valence-corrected chi connectivity index (χ3v) is 2.44. The SMILES string of the molecule is COc1ccc(C(=O)NCC(F)(F)CN)cc1[N+](=O)[O-].Cl. The second-order valence-electron chi connectivity index (χ2n) is 3.89. The zero-order chi connectivity index (χ0) is 15.3. The van der Waals surface area contributed by atoms with Crippen LogP contribution in [0.5, 0.6) is 5.75 Å². The van der Waals surface area contributed by atoms with Crippen LogP contribution in [0, 0.1) is 10.1 Å². The molecule has 0 aliphatic carbocycles. The normalized spacial score (nSPS) is 10.5. The number of benzene rings is 1. The molecular formula is C11H14ClF2N3O4. The van der Waals surface area contributed by atoms with Gasteiger partial charge in [-0.2, -0.15) is 0 Å². The Labute approximate surface area is 125 Å². The van der Waals surface area contributed by atoms with E-state index in [2.05, 4.69) is 0 Å². The van der Waals surface area contributed by atoms with Gasteiger partial charge in [0.25, 0.3) is 11.8 Å². The first-order chi connectivity index (χ1) is 9.30. The van der Waals surface area contributed by atoms with Crippen molar-refractivity contribution >= 4 is 24.0 Å². The van der Waals surface area contributed by atoms with Gasteiger partial charge in [-0.15, -0.1) is 12.4 Å². The second-order valence-corrected chi connectivity index (χ2v) is 3.89. The van der Waals surface area contributed by atoms with Gasteiger partial charge < -0.3 is 15.8 Å². The highest BCUT2D eigenvalue weighted by Crippen LogP contribution is 2.27. The Kier molecular flexibility index (Phi) is 6.96. The molecule has 21 heavy (non-hydrogen) atoms. The summed E-state index contributed by atoms with van der Waals surface area (Å²) < 4.78 is 30.5.